The molecule has 0 aliphatic heterocycles. The van der Waals surface area contributed by atoms with Crippen LogP contribution < -0.4 is 5.69 Å². The number of nitrogens with one attached hydrogen (secondary N) is 1. The largest absolute Gasteiger partial charge is 0.478 e. The van der Waals surface area contributed by atoms with Crippen LogP contribution in [-0.2, 0) is 0 Å². The van der Waals surface area contributed by atoms with E-state index in [-0.39, 0.29) is 17.0 Å². The van der Waals surface area contributed by atoms with E-state index >= 15 is 0 Å². The molecule has 0 atom stereocenters. The summed E-state index contributed by atoms with van der Waals surface area (Å²) in [5.41, 5.74) is 0.0769. The van der Waals surface area contributed by atoms with Gasteiger partial charge in [0.2, 0.25) is 0 Å². The summed E-state index contributed by atoms with van der Waals surface area (Å²) in [6, 6.07) is 5.00. The fourth-order valence-electron chi connectivity index (χ4n) is 1.54. The number of rotatable bonds is 2. The van der Waals surface area contributed by atoms with E-state index < -0.39 is 11.7 Å². The van der Waals surface area contributed by atoms with Crippen LogP contribution in [0, 0.1) is 6.92 Å². The predicted molar refractivity (Wildman–Crippen MR) is 59.8 cm³/mol. The smallest absolute Gasteiger partial charge is 0.345 e. The van der Waals surface area contributed by atoms with Crippen LogP contribution in [0.1, 0.15) is 16.1 Å². The number of aromatic carboxylic acids is 1. The van der Waals surface area contributed by atoms with Crippen LogP contribution in [0.4, 0.5) is 0 Å². The van der Waals surface area contributed by atoms with Crippen LogP contribution in [0.3, 0.4) is 0 Å². The topological polar surface area (TPSA) is 95.9 Å². The van der Waals surface area contributed by atoms with Crippen molar-refractivity contribution >= 4 is 5.97 Å². The van der Waals surface area contributed by atoms with Crippen molar-refractivity contribution in [1.82, 2.24) is 15.0 Å². The molecule has 0 unspecified atom stereocenters. The van der Waals surface area contributed by atoms with Crippen LogP contribution in [0.5, 0.6) is 0 Å². The zero-order chi connectivity index (χ0) is 12.4. The summed E-state index contributed by atoms with van der Waals surface area (Å²) in [6.45, 7) is 1.51. The summed E-state index contributed by atoms with van der Waals surface area (Å²) in [7, 11) is 0. The van der Waals surface area contributed by atoms with E-state index in [1.165, 1.54) is 13.1 Å². The quantitative estimate of drug-likeness (QED) is 0.798. The Morgan fingerprint density at radius 3 is 2.76 bits per heavy atom. The molecule has 0 bridgehead atoms. The van der Waals surface area contributed by atoms with Gasteiger partial charge in [-0.15, -0.1) is 0 Å². The van der Waals surface area contributed by atoms with Gasteiger partial charge in [-0.25, -0.2) is 9.59 Å². The van der Waals surface area contributed by atoms with Crippen LogP contribution in [0.2, 0.25) is 0 Å². The van der Waals surface area contributed by atoms with Crippen molar-refractivity contribution in [3.05, 3.63) is 46.1 Å². The van der Waals surface area contributed by atoms with Crippen molar-refractivity contribution in [2.45, 2.75) is 6.92 Å². The van der Waals surface area contributed by atoms with Crippen molar-refractivity contribution in [2.24, 2.45) is 0 Å². The molecule has 6 nitrogen and oxygen atoms in total. The first kappa shape index (κ1) is 11.0. The summed E-state index contributed by atoms with van der Waals surface area (Å²) in [5.74, 6) is -1.15. The highest BCUT2D eigenvalue weighted by molar-refractivity contribution is 5.95. The highest BCUT2D eigenvalue weighted by atomic mass is 16.4. The van der Waals surface area contributed by atoms with Crippen molar-refractivity contribution in [3.8, 4) is 11.4 Å². The number of nitrogens with zero attached hydrogens (tertiary/aromatic N) is 2. The monoisotopic (exact) mass is 231 g/mol. The number of hydrogen-bond acceptors (Lipinski definition) is 4. The molecule has 0 aliphatic carbocycles. The van der Waals surface area contributed by atoms with E-state index in [0.29, 0.717) is 5.69 Å². The Bertz CT molecular complexity index is 620. The molecular formula is C11H9N3O3. The molecule has 17 heavy (non-hydrogen) atoms. The number of aromatic amines is 1. The van der Waals surface area contributed by atoms with Crippen LogP contribution in [-0.4, -0.2) is 26.0 Å². The standard InChI is InChI=1S/C11H9N3O3/c1-6-8(10(15)16)9(14-11(17)13-6)7-4-2-3-5-12-7/h2-5H,1H3,(H,15,16)(H,13,14,17). The average molecular weight is 231 g/mol. The number of aryl methyl sites for hydroxylation is 1. The van der Waals surface area contributed by atoms with E-state index in [1.807, 2.05) is 0 Å². The van der Waals surface area contributed by atoms with E-state index in [9.17, 15) is 9.59 Å². The molecule has 2 N–H and O–H groups in total. The van der Waals surface area contributed by atoms with Gasteiger partial charge in [-0.05, 0) is 19.1 Å². The number of carbonyl (C=O) groups is 1. The number of H-pyrrole nitrogens is 1. The number of hydrogen-bond donors (Lipinski definition) is 2. The second-order valence-electron chi connectivity index (χ2n) is 3.41. The normalized spacial score (nSPS) is 10.2. The van der Waals surface area contributed by atoms with E-state index in [4.69, 9.17) is 5.11 Å². The summed E-state index contributed by atoms with van der Waals surface area (Å²) in [4.78, 5) is 32.4. The molecule has 86 valence electrons. The molecule has 0 amide bonds. The fourth-order valence-corrected chi connectivity index (χ4v) is 1.54. The van der Waals surface area contributed by atoms with Gasteiger partial charge < -0.3 is 10.1 Å². The molecule has 2 aromatic heterocycles. The van der Waals surface area contributed by atoms with Crippen LogP contribution in [0.15, 0.2) is 29.2 Å². The Kier molecular flexibility index (Phi) is 2.70. The van der Waals surface area contributed by atoms with Crippen LogP contribution in [0.25, 0.3) is 11.4 Å². The molecule has 0 aliphatic rings. The molecular weight excluding hydrogens is 222 g/mol. The minimum Gasteiger partial charge on any atom is -0.478 e. The molecule has 2 heterocycles. The predicted octanol–water partition coefficient (Wildman–Crippen LogP) is 0.839. The van der Waals surface area contributed by atoms with E-state index in [1.54, 1.807) is 18.2 Å². The Labute approximate surface area is 96.0 Å². The molecule has 0 saturated heterocycles. The van der Waals surface area contributed by atoms with Gasteiger partial charge in [-0.2, -0.15) is 4.98 Å². The van der Waals surface area contributed by atoms with E-state index in [0.717, 1.165) is 0 Å². The zero-order valence-corrected chi connectivity index (χ0v) is 8.97. The first-order chi connectivity index (χ1) is 8.09. The van der Waals surface area contributed by atoms with Gasteiger partial charge in [0, 0.05) is 11.9 Å². The molecule has 0 aromatic carbocycles. The average Bonchev–Trinajstić information content (AvgIpc) is 2.28. The Morgan fingerprint density at radius 1 is 1.41 bits per heavy atom. The maximum Gasteiger partial charge on any atom is 0.345 e. The molecule has 0 radical (unpaired) electrons. The maximum atomic E-state index is 11.3. The third kappa shape index (κ3) is 2.05. The highest BCUT2D eigenvalue weighted by Crippen LogP contribution is 2.19. The van der Waals surface area contributed by atoms with Crippen molar-refractivity contribution in [1.29, 1.82) is 0 Å². The first-order valence-corrected chi connectivity index (χ1v) is 4.85. The van der Waals surface area contributed by atoms with Crippen molar-refractivity contribution < 1.29 is 9.90 Å². The summed E-state index contributed by atoms with van der Waals surface area (Å²) < 4.78 is 0. The Hall–Kier alpha value is -2.50. The lowest BCUT2D eigenvalue weighted by Crippen LogP contribution is -2.18. The van der Waals surface area contributed by atoms with Gasteiger partial charge in [-0.3, -0.25) is 4.98 Å². The lowest BCUT2D eigenvalue weighted by atomic mass is 10.1. The van der Waals surface area contributed by atoms with Gasteiger partial charge in [0.1, 0.15) is 11.3 Å². The van der Waals surface area contributed by atoms with Crippen molar-refractivity contribution in [3.63, 3.8) is 0 Å². The van der Waals surface area contributed by atoms with Gasteiger partial charge in [0.15, 0.2) is 0 Å². The Morgan fingerprint density at radius 2 is 2.18 bits per heavy atom. The number of pyridine rings is 1. The minimum atomic E-state index is -1.15. The molecule has 0 saturated carbocycles. The third-order valence-corrected chi connectivity index (χ3v) is 2.24. The SMILES string of the molecule is Cc1[nH]c(=O)nc(-c2ccccn2)c1C(=O)O. The maximum absolute atomic E-state index is 11.3. The second kappa shape index (κ2) is 4.17. The van der Waals surface area contributed by atoms with E-state index in [2.05, 4.69) is 15.0 Å². The minimum absolute atomic E-state index is 0.0386. The van der Waals surface area contributed by atoms with Crippen molar-refractivity contribution in [2.75, 3.05) is 0 Å². The lowest BCUT2D eigenvalue weighted by Gasteiger charge is -2.06. The lowest BCUT2D eigenvalue weighted by molar-refractivity contribution is 0.0696. The Balaban J connectivity index is 2.77. The van der Waals surface area contributed by atoms with Gasteiger partial charge >= 0.3 is 11.7 Å². The van der Waals surface area contributed by atoms with Crippen LogP contribution >= 0.6 is 0 Å². The molecule has 0 spiro atoms. The number of aromatic nitrogens is 3. The second-order valence-corrected chi connectivity index (χ2v) is 3.41. The third-order valence-electron chi connectivity index (χ3n) is 2.24. The van der Waals surface area contributed by atoms with Gasteiger partial charge in [-0.1, -0.05) is 6.07 Å². The van der Waals surface area contributed by atoms with Gasteiger partial charge in [0.25, 0.3) is 0 Å². The summed E-state index contributed by atoms with van der Waals surface area (Å²) in [5, 5.41) is 9.11. The summed E-state index contributed by atoms with van der Waals surface area (Å²) >= 11 is 0. The molecule has 2 rings (SSSR count). The molecule has 2 aromatic rings. The summed E-state index contributed by atoms with van der Waals surface area (Å²) in [6.07, 6.45) is 1.51. The zero-order valence-electron chi connectivity index (χ0n) is 8.97. The van der Waals surface area contributed by atoms with Gasteiger partial charge in [0.05, 0.1) is 5.69 Å². The number of carboxylic acids is 1. The number of carboxylic acid groups (broad SMARTS) is 1. The molecule has 0 fully saturated rings. The fraction of sp³-hybridized carbons (Fsp3) is 0.0909. The highest BCUT2D eigenvalue weighted by Gasteiger charge is 2.18. The first-order valence-electron chi connectivity index (χ1n) is 4.85. The molecule has 6 heteroatoms.